The largest absolute Gasteiger partial charge is 0.419 e. The molecule has 0 radical (unpaired) electrons. The van der Waals surface area contributed by atoms with Gasteiger partial charge in [-0.25, -0.2) is 20.5 Å². The van der Waals surface area contributed by atoms with E-state index in [1.54, 1.807) is 16.8 Å². The number of nitrogen functional groups attached to an aromatic ring is 1. The van der Waals surface area contributed by atoms with Crippen molar-refractivity contribution in [3.63, 3.8) is 0 Å². The third-order valence-corrected chi connectivity index (χ3v) is 2.63. The maximum atomic E-state index is 12.6. The van der Waals surface area contributed by atoms with Gasteiger partial charge in [0.25, 0.3) is 0 Å². The number of nitrogens with two attached hydrogens (primary N) is 1. The molecule has 0 atom stereocenters. The van der Waals surface area contributed by atoms with Crippen LogP contribution in [0.3, 0.4) is 0 Å². The number of aromatic nitrogens is 5. The number of rotatable bonds is 2. The first-order chi connectivity index (χ1) is 9.49. The molecule has 20 heavy (non-hydrogen) atoms. The quantitative estimate of drug-likeness (QED) is 0.545. The molecule has 104 valence electrons. The number of nitrogens with one attached hydrogen (secondary N) is 1. The second-order valence-electron chi connectivity index (χ2n) is 3.92. The predicted octanol–water partition coefficient (Wildman–Crippen LogP) is 1.22. The second-order valence-corrected chi connectivity index (χ2v) is 3.92. The van der Waals surface area contributed by atoms with Crippen molar-refractivity contribution in [2.45, 2.75) is 6.18 Å². The Balaban J connectivity index is 2.18. The molecule has 7 nitrogen and oxygen atoms in total. The molecule has 3 aromatic heterocycles. The van der Waals surface area contributed by atoms with Gasteiger partial charge in [0.2, 0.25) is 0 Å². The van der Waals surface area contributed by atoms with Crippen LogP contribution in [-0.2, 0) is 6.18 Å². The van der Waals surface area contributed by atoms with Gasteiger partial charge in [0, 0.05) is 18.6 Å². The van der Waals surface area contributed by atoms with Crippen LogP contribution in [0, 0.1) is 0 Å². The Bertz CT molecular complexity index is 758. The maximum absolute atomic E-state index is 12.6. The Hall–Kier alpha value is -2.62. The normalized spacial score (nSPS) is 12.0. The number of fused-ring (bicyclic) bond motifs is 1. The molecule has 0 spiro atoms. The van der Waals surface area contributed by atoms with Crippen LogP contribution >= 0.6 is 0 Å². The molecule has 0 aromatic carbocycles. The van der Waals surface area contributed by atoms with Crippen LogP contribution in [0.2, 0.25) is 0 Å². The minimum atomic E-state index is -4.46. The van der Waals surface area contributed by atoms with Gasteiger partial charge in [-0.05, 0) is 0 Å². The lowest BCUT2D eigenvalue weighted by Crippen LogP contribution is -2.12. The summed E-state index contributed by atoms with van der Waals surface area (Å²) in [6.07, 6.45) is 1.78. The number of halogens is 3. The predicted molar refractivity (Wildman–Crippen MR) is 62.9 cm³/mol. The number of hydrogen-bond donors (Lipinski definition) is 2. The highest BCUT2D eigenvalue weighted by Gasteiger charge is 2.32. The van der Waals surface area contributed by atoms with E-state index >= 15 is 0 Å². The maximum Gasteiger partial charge on any atom is 0.419 e. The first-order valence-corrected chi connectivity index (χ1v) is 5.41. The first-order valence-electron chi connectivity index (χ1n) is 5.41. The minimum absolute atomic E-state index is 0.140. The van der Waals surface area contributed by atoms with Gasteiger partial charge in [-0.15, -0.1) is 0 Å². The Morgan fingerprint density at radius 1 is 1.25 bits per heavy atom. The molecular weight excluding hydrogens is 275 g/mol. The molecule has 0 bridgehead atoms. The smallest absolute Gasteiger partial charge is 0.307 e. The lowest BCUT2D eigenvalue weighted by molar-refractivity contribution is -0.137. The van der Waals surface area contributed by atoms with E-state index in [1.165, 1.54) is 6.20 Å². The molecule has 10 heteroatoms. The zero-order chi connectivity index (χ0) is 14.3. The third-order valence-electron chi connectivity index (χ3n) is 2.63. The summed E-state index contributed by atoms with van der Waals surface area (Å²) >= 11 is 0. The number of imidazole rings is 1. The minimum Gasteiger partial charge on any atom is -0.307 e. The molecule has 3 aromatic rings. The van der Waals surface area contributed by atoms with E-state index in [-0.39, 0.29) is 11.6 Å². The summed E-state index contributed by atoms with van der Waals surface area (Å²) in [7, 11) is 0. The number of anilines is 1. The highest BCUT2D eigenvalue weighted by atomic mass is 19.4. The summed E-state index contributed by atoms with van der Waals surface area (Å²) in [5, 5.41) is 3.67. The van der Waals surface area contributed by atoms with Gasteiger partial charge < -0.3 is 9.83 Å². The van der Waals surface area contributed by atoms with Crippen LogP contribution in [0.5, 0.6) is 0 Å². The second kappa shape index (κ2) is 4.20. The fourth-order valence-corrected chi connectivity index (χ4v) is 1.72. The van der Waals surface area contributed by atoms with Crippen molar-refractivity contribution in [2.75, 3.05) is 5.43 Å². The molecule has 3 heterocycles. The van der Waals surface area contributed by atoms with Crippen LogP contribution < -0.4 is 11.3 Å². The van der Waals surface area contributed by atoms with E-state index in [4.69, 9.17) is 5.84 Å². The number of hydrogen-bond acceptors (Lipinski definition) is 5. The summed E-state index contributed by atoms with van der Waals surface area (Å²) in [4.78, 5) is 8.10. The van der Waals surface area contributed by atoms with Crippen LogP contribution in [0.15, 0.2) is 31.0 Å². The van der Waals surface area contributed by atoms with Gasteiger partial charge in [-0.3, -0.25) is 0 Å². The summed E-state index contributed by atoms with van der Waals surface area (Å²) in [6.45, 7) is 0. The van der Waals surface area contributed by atoms with E-state index in [9.17, 15) is 13.2 Å². The number of alkyl halides is 3. The van der Waals surface area contributed by atoms with Crippen LogP contribution in [-0.4, -0.2) is 24.1 Å². The average molecular weight is 283 g/mol. The van der Waals surface area contributed by atoms with Crippen molar-refractivity contribution in [1.82, 2.24) is 24.1 Å². The molecule has 3 N–H and O–H groups in total. The summed E-state index contributed by atoms with van der Waals surface area (Å²) < 4.78 is 40.3. The van der Waals surface area contributed by atoms with Gasteiger partial charge >= 0.3 is 6.18 Å². The highest BCUT2D eigenvalue weighted by Crippen LogP contribution is 2.29. The van der Waals surface area contributed by atoms with Crippen LogP contribution in [0.4, 0.5) is 19.0 Å². The standard InChI is InChI=1S/C10H8F3N7/c11-10(12,13)6-3-16-20(4-6)9-8-15-1-2-19(8)5-7(17-9)18-14/h1-5,18H,14H2. The molecule has 0 fully saturated rings. The molecule has 0 unspecified atom stereocenters. The van der Waals surface area contributed by atoms with Gasteiger partial charge in [0.15, 0.2) is 17.3 Å². The van der Waals surface area contributed by atoms with Crippen molar-refractivity contribution >= 4 is 11.5 Å². The SMILES string of the molecule is NNc1cn2ccnc2c(-n2cc(C(F)(F)F)cn2)n1. The van der Waals surface area contributed by atoms with Crippen molar-refractivity contribution in [2.24, 2.45) is 5.84 Å². The van der Waals surface area contributed by atoms with E-state index in [1.807, 2.05) is 0 Å². The van der Waals surface area contributed by atoms with Crippen molar-refractivity contribution in [1.29, 1.82) is 0 Å². The van der Waals surface area contributed by atoms with E-state index in [0.29, 0.717) is 5.65 Å². The number of nitrogens with zero attached hydrogens (tertiary/aromatic N) is 5. The first kappa shape index (κ1) is 12.4. The highest BCUT2D eigenvalue weighted by molar-refractivity contribution is 5.57. The summed E-state index contributed by atoms with van der Waals surface area (Å²) in [5.41, 5.74) is 1.83. The lowest BCUT2D eigenvalue weighted by atomic mass is 10.4. The Morgan fingerprint density at radius 3 is 2.70 bits per heavy atom. The molecule has 0 saturated carbocycles. The molecule has 0 aliphatic rings. The average Bonchev–Trinajstić information content (AvgIpc) is 3.05. The van der Waals surface area contributed by atoms with Gasteiger partial charge in [-0.1, -0.05) is 0 Å². The zero-order valence-electron chi connectivity index (χ0n) is 9.83. The van der Waals surface area contributed by atoms with Crippen molar-refractivity contribution in [3.8, 4) is 5.82 Å². The van der Waals surface area contributed by atoms with E-state index in [2.05, 4.69) is 20.5 Å². The lowest BCUT2D eigenvalue weighted by Gasteiger charge is -2.06. The molecule has 0 saturated heterocycles. The van der Waals surface area contributed by atoms with Gasteiger partial charge in [0.05, 0.1) is 18.0 Å². The fourth-order valence-electron chi connectivity index (χ4n) is 1.72. The summed E-state index contributed by atoms with van der Waals surface area (Å²) in [5.74, 6) is 5.69. The molecule has 0 amide bonds. The molecule has 0 aliphatic carbocycles. The Labute approximate surface area is 109 Å². The Morgan fingerprint density at radius 2 is 2.05 bits per heavy atom. The molecular formula is C10H8F3N7. The van der Waals surface area contributed by atoms with Crippen LogP contribution in [0.1, 0.15) is 5.56 Å². The van der Waals surface area contributed by atoms with Crippen molar-refractivity contribution in [3.05, 3.63) is 36.5 Å². The van der Waals surface area contributed by atoms with E-state index in [0.717, 1.165) is 17.1 Å². The summed E-state index contributed by atoms with van der Waals surface area (Å²) in [6, 6.07) is 0. The van der Waals surface area contributed by atoms with Gasteiger partial charge in [0.1, 0.15) is 0 Å². The zero-order valence-corrected chi connectivity index (χ0v) is 9.83. The van der Waals surface area contributed by atoms with Gasteiger partial charge in [-0.2, -0.15) is 18.3 Å². The monoisotopic (exact) mass is 283 g/mol. The topological polar surface area (TPSA) is 86.1 Å². The number of hydrazine groups is 1. The third kappa shape index (κ3) is 1.95. The van der Waals surface area contributed by atoms with Crippen molar-refractivity contribution < 1.29 is 13.2 Å². The fraction of sp³-hybridized carbons (Fsp3) is 0.100. The Kier molecular flexibility index (Phi) is 2.61. The molecule has 3 rings (SSSR count). The van der Waals surface area contributed by atoms with Crippen LogP contribution in [0.25, 0.3) is 11.5 Å². The molecule has 0 aliphatic heterocycles. The van der Waals surface area contributed by atoms with E-state index < -0.39 is 11.7 Å².